The van der Waals surface area contributed by atoms with Gasteiger partial charge in [-0.15, -0.1) is 0 Å². The first-order valence-electron chi connectivity index (χ1n) is 5.89. The Hall–Kier alpha value is -0.810. The van der Waals surface area contributed by atoms with Crippen LogP contribution in [0, 0.1) is 5.92 Å². The van der Waals surface area contributed by atoms with E-state index in [1.54, 1.807) is 16.8 Å². The average Bonchev–Trinajstić information content (AvgIpc) is 2.49. The lowest BCUT2D eigenvalue weighted by atomic mass is 10.2. The predicted octanol–water partition coefficient (Wildman–Crippen LogP) is -0.0397. The monoisotopic (exact) mass is 229 g/mol. The van der Waals surface area contributed by atoms with Crippen LogP contribution in [-0.4, -0.2) is 66.8 Å². The van der Waals surface area contributed by atoms with Gasteiger partial charge in [0.2, 0.25) is 0 Å². The Balaban J connectivity index is 2.19. The molecular formula is C11H23N3O2. The molecule has 0 aliphatic carbocycles. The molecule has 1 unspecified atom stereocenters. The Labute approximate surface area is 97.4 Å². The van der Waals surface area contributed by atoms with E-state index in [1.807, 2.05) is 0 Å². The number of nitrogens with zero attached hydrogens (tertiary/aromatic N) is 2. The van der Waals surface area contributed by atoms with Gasteiger partial charge in [0.05, 0.1) is 6.10 Å². The van der Waals surface area contributed by atoms with E-state index in [0.717, 1.165) is 19.6 Å². The van der Waals surface area contributed by atoms with Crippen molar-refractivity contribution < 1.29 is 9.90 Å². The smallest absolute Gasteiger partial charge is 0.319 e. The SMILES string of the molecule is CC(C)CNCC(O)CN1CCN(C)C1=O. The molecule has 0 aromatic carbocycles. The van der Waals surface area contributed by atoms with Gasteiger partial charge in [-0.3, -0.25) is 0 Å². The second-order valence-corrected chi connectivity index (χ2v) is 4.86. The van der Waals surface area contributed by atoms with Gasteiger partial charge in [-0.2, -0.15) is 0 Å². The van der Waals surface area contributed by atoms with Crippen molar-refractivity contribution in [3.05, 3.63) is 0 Å². The zero-order valence-corrected chi connectivity index (χ0v) is 10.4. The fourth-order valence-electron chi connectivity index (χ4n) is 1.73. The Bertz CT molecular complexity index is 233. The number of nitrogens with one attached hydrogen (secondary N) is 1. The molecule has 1 rings (SSSR count). The maximum atomic E-state index is 11.5. The second kappa shape index (κ2) is 6.06. The summed E-state index contributed by atoms with van der Waals surface area (Å²) in [5.74, 6) is 0.576. The highest BCUT2D eigenvalue weighted by molar-refractivity contribution is 5.76. The van der Waals surface area contributed by atoms with E-state index in [-0.39, 0.29) is 6.03 Å². The minimum atomic E-state index is -0.478. The van der Waals surface area contributed by atoms with Crippen molar-refractivity contribution in [1.29, 1.82) is 0 Å². The normalized spacial score (nSPS) is 18.7. The number of amides is 2. The molecule has 0 bridgehead atoms. The highest BCUT2D eigenvalue weighted by atomic mass is 16.3. The minimum absolute atomic E-state index is 0.0166. The molecule has 1 heterocycles. The van der Waals surface area contributed by atoms with Gasteiger partial charge in [0.1, 0.15) is 0 Å². The topological polar surface area (TPSA) is 55.8 Å². The van der Waals surface area contributed by atoms with Crippen molar-refractivity contribution >= 4 is 6.03 Å². The molecule has 1 fully saturated rings. The number of rotatable bonds is 6. The predicted molar refractivity (Wildman–Crippen MR) is 63.3 cm³/mol. The quantitative estimate of drug-likeness (QED) is 0.672. The molecule has 5 nitrogen and oxygen atoms in total. The van der Waals surface area contributed by atoms with Crippen molar-refractivity contribution in [3.63, 3.8) is 0 Å². The van der Waals surface area contributed by atoms with Gasteiger partial charge in [-0.05, 0) is 12.5 Å². The van der Waals surface area contributed by atoms with Gasteiger partial charge >= 0.3 is 6.03 Å². The van der Waals surface area contributed by atoms with Crippen molar-refractivity contribution in [1.82, 2.24) is 15.1 Å². The summed E-state index contributed by atoms with van der Waals surface area (Å²) in [6.45, 7) is 7.59. The molecule has 5 heteroatoms. The highest BCUT2D eigenvalue weighted by Gasteiger charge is 2.26. The van der Waals surface area contributed by atoms with E-state index in [0.29, 0.717) is 19.0 Å². The summed E-state index contributed by atoms with van der Waals surface area (Å²) < 4.78 is 0. The third-order valence-corrected chi connectivity index (χ3v) is 2.67. The van der Waals surface area contributed by atoms with Crippen LogP contribution in [0.4, 0.5) is 4.79 Å². The summed E-state index contributed by atoms with van der Waals surface area (Å²) in [5.41, 5.74) is 0. The summed E-state index contributed by atoms with van der Waals surface area (Å²) in [5, 5.41) is 12.9. The summed E-state index contributed by atoms with van der Waals surface area (Å²) in [7, 11) is 1.78. The molecule has 0 radical (unpaired) electrons. The van der Waals surface area contributed by atoms with E-state index >= 15 is 0 Å². The molecule has 1 aliphatic rings. The zero-order chi connectivity index (χ0) is 12.1. The summed E-state index contributed by atoms with van der Waals surface area (Å²) in [6.07, 6.45) is -0.478. The van der Waals surface area contributed by atoms with E-state index in [4.69, 9.17) is 0 Å². The number of urea groups is 1. The molecule has 16 heavy (non-hydrogen) atoms. The third-order valence-electron chi connectivity index (χ3n) is 2.67. The van der Waals surface area contributed by atoms with Crippen LogP contribution >= 0.6 is 0 Å². The fourth-order valence-corrected chi connectivity index (χ4v) is 1.73. The first-order valence-corrected chi connectivity index (χ1v) is 5.89. The number of hydrogen-bond acceptors (Lipinski definition) is 3. The van der Waals surface area contributed by atoms with Crippen LogP contribution in [-0.2, 0) is 0 Å². The number of carbonyl (C=O) groups is 1. The van der Waals surface area contributed by atoms with E-state index < -0.39 is 6.10 Å². The van der Waals surface area contributed by atoms with E-state index in [2.05, 4.69) is 19.2 Å². The van der Waals surface area contributed by atoms with Crippen molar-refractivity contribution in [2.24, 2.45) is 5.92 Å². The van der Waals surface area contributed by atoms with E-state index in [9.17, 15) is 9.90 Å². The number of carbonyl (C=O) groups excluding carboxylic acids is 1. The molecule has 0 spiro atoms. The van der Waals surface area contributed by atoms with Crippen LogP contribution in [0.2, 0.25) is 0 Å². The summed E-state index contributed by atoms with van der Waals surface area (Å²) >= 11 is 0. The van der Waals surface area contributed by atoms with Crippen molar-refractivity contribution in [2.75, 3.05) is 39.8 Å². The molecule has 2 N–H and O–H groups in total. The van der Waals surface area contributed by atoms with Gasteiger partial charge in [0.25, 0.3) is 0 Å². The average molecular weight is 229 g/mol. The molecular weight excluding hydrogens is 206 g/mol. The van der Waals surface area contributed by atoms with Gasteiger partial charge in [0.15, 0.2) is 0 Å². The molecule has 1 aliphatic heterocycles. The first-order chi connectivity index (χ1) is 7.50. The van der Waals surface area contributed by atoms with Gasteiger partial charge in [-0.1, -0.05) is 13.8 Å². The van der Waals surface area contributed by atoms with Crippen LogP contribution in [0.15, 0.2) is 0 Å². The highest BCUT2D eigenvalue weighted by Crippen LogP contribution is 2.06. The summed E-state index contributed by atoms with van der Waals surface area (Å²) in [4.78, 5) is 14.9. The maximum absolute atomic E-state index is 11.5. The number of aliphatic hydroxyl groups is 1. The largest absolute Gasteiger partial charge is 0.390 e. The van der Waals surface area contributed by atoms with Crippen LogP contribution < -0.4 is 5.32 Å². The molecule has 1 saturated heterocycles. The third kappa shape index (κ3) is 3.98. The van der Waals surface area contributed by atoms with Crippen LogP contribution in [0.25, 0.3) is 0 Å². The lowest BCUT2D eigenvalue weighted by Crippen LogP contribution is -2.40. The van der Waals surface area contributed by atoms with E-state index in [1.165, 1.54) is 0 Å². The lowest BCUT2D eigenvalue weighted by molar-refractivity contribution is 0.126. The first kappa shape index (κ1) is 13.3. The number of hydrogen-bond donors (Lipinski definition) is 2. The van der Waals surface area contributed by atoms with Crippen LogP contribution in [0.3, 0.4) is 0 Å². The second-order valence-electron chi connectivity index (χ2n) is 4.86. The van der Waals surface area contributed by atoms with Crippen molar-refractivity contribution in [3.8, 4) is 0 Å². The van der Waals surface area contributed by atoms with Gasteiger partial charge in [-0.25, -0.2) is 4.79 Å². The number of likely N-dealkylation sites (N-methyl/N-ethyl adjacent to an activating group) is 1. The molecule has 0 aromatic rings. The molecule has 0 saturated carbocycles. The summed E-state index contributed by atoms with van der Waals surface area (Å²) in [6, 6.07) is 0.0166. The standard InChI is InChI=1S/C11H23N3O2/c1-9(2)6-12-7-10(15)8-14-5-4-13(3)11(14)16/h9-10,12,15H,4-8H2,1-3H3. The van der Waals surface area contributed by atoms with Crippen LogP contribution in [0.5, 0.6) is 0 Å². The lowest BCUT2D eigenvalue weighted by Gasteiger charge is -2.20. The molecule has 2 amide bonds. The Kier molecular flexibility index (Phi) is 5.02. The van der Waals surface area contributed by atoms with Crippen LogP contribution in [0.1, 0.15) is 13.8 Å². The van der Waals surface area contributed by atoms with Gasteiger partial charge in [0, 0.05) is 33.2 Å². The number of aliphatic hydroxyl groups excluding tert-OH is 1. The Morgan fingerprint density at radius 1 is 1.38 bits per heavy atom. The fraction of sp³-hybridized carbons (Fsp3) is 0.909. The Morgan fingerprint density at radius 3 is 2.56 bits per heavy atom. The maximum Gasteiger partial charge on any atom is 0.319 e. The van der Waals surface area contributed by atoms with Gasteiger partial charge < -0.3 is 20.2 Å². The molecule has 94 valence electrons. The zero-order valence-electron chi connectivity index (χ0n) is 10.4. The Morgan fingerprint density at radius 2 is 2.06 bits per heavy atom. The van der Waals surface area contributed by atoms with Crippen molar-refractivity contribution in [2.45, 2.75) is 20.0 Å². The molecule has 1 atom stereocenters. The minimum Gasteiger partial charge on any atom is -0.390 e. The molecule has 0 aromatic heterocycles. The number of β-amino-alcohol motifs (C(OH)–C–C–N with tert-alkyl or cyclic N) is 1.